The van der Waals surface area contributed by atoms with E-state index in [2.05, 4.69) is 16.0 Å². The van der Waals surface area contributed by atoms with Crippen LogP contribution in [0.1, 0.15) is 29.7 Å². The van der Waals surface area contributed by atoms with Crippen molar-refractivity contribution in [3.63, 3.8) is 0 Å². The lowest BCUT2D eigenvalue weighted by atomic mass is 10.1. The lowest BCUT2D eigenvalue weighted by molar-refractivity contribution is -0.385. The van der Waals surface area contributed by atoms with Crippen molar-refractivity contribution in [3.05, 3.63) is 63.5 Å². The summed E-state index contributed by atoms with van der Waals surface area (Å²) in [6.07, 6.45) is 4.57. The largest absolute Gasteiger partial charge is 0.346 e. The Kier molecular flexibility index (Phi) is 3.75. The number of rotatable bonds is 6. The summed E-state index contributed by atoms with van der Waals surface area (Å²) >= 11 is 0. The Morgan fingerprint density at radius 1 is 1.33 bits per heavy atom. The summed E-state index contributed by atoms with van der Waals surface area (Å²) in [4.78, 5) is 10.7. The lowest BCUT2D eigenvalue weighted by Crippen LogP contribution is -2.18. The van der Waals surface area contributed by atoms with Crippen LogP contribution in [0.5, 0.6) is 0 Å². The first-order valence-electron chi connectivity index (χ1n) is 7.25. The molecule has 21 heavy (non-hydrogen) atoms. The number of nitrogens with one attached hydrogen (secondary N) is 1. The van der Waals surface area contributed by atoms with Gasteiger partial charge in [0, 0.05) is 42.7 Å². The number of nitro groups is 1. The normalized spacial score (nSPS) is 14.3. The highest BCUT2D eigenvalue weighted by molar-refractivity contribution is 5.44. The molecule has 0 saturated heterocycles. The second-order valence-corrected chi connectivity index (χ2v) is 5.60. The fourth-order valence-electron chi connectivity index (χ4n) is 2.52. The van der Waals surface area contributed by atoms with E-state index in [1.54, 1.807) is 12.1 Å². The molecular weight excluding hydrogens is 266 g/mol. The van der Waals surface area contributed by atoms with Crippen LogP contribution in [0.15, 0.2) is 36.5 Å². The van der Waals surface area contributed by atoms with Gasteiger partial charge < -0.3 is 9.88 Å². The molecule has 0 unspecified atom stereocenters. The van der Waals surface area contributed by atoms with Gasteiger partial charge in [-0.3, -0.25) is 10.1 Å². The molecule has 1 aromatic carbocycles. The molecule has 110 valence electrons. The van der Waals surface area contributed by atoms with E-state index < -0.39 is 0 Å². The molecule has 0 atom stereocenters. The van der Waals surface area contributed by atoms with Crippen molar-refractivity contribution in [2.45, 2.75) is 38.9 Å². The third kappa shape index (κ3) is 3.13. The summed E-state index contributed by atoms with van der Waals surface area (Å²) in [6.45, 7) is 3.34. The molecule has 0 bridgehead atoms. The Morgan fingerprint density at radius 2 is 2.14 bits per heavy atom. The highest BCUT2D eigenvalue weighted by Crippen LogP contribution is 2.23. The van der Waals surface area contributed by atoms with Crippen LogP contribution in [0.4, 0.5) is 5.69 Å². The van der Waals surface area contributed by atoms with Gasteiger partial charge in [0.25, 0.3) is 5.69 Å². The van der Waals surface area contributed by atoms with E-state index in [1.807, 2.05) is 25.3 Å². The predicted octanol–water partition coefficient (Wildman–Crippen LogP) is 3.01. The molecule has 5 nitrogen and oxygen atoms in total. The third-order valence-electron chi connectivity index (χ3n) is 4.03. The number of aromatic nitrogens is 1. The Morgan fingerprint density at radius 3 is 2.86 bits per heavy atom. The van der Waals surface area contributed by atoms with Crippen molar-refractivity contribution >= 4 is 5.69 Å². The van der Waals surface area contributed by atoms with Crippen molar-refractivity contribution in [1.82, 2.24) is 9.88 Å². The summed E-state index contributed by atoms with van der Waals surface area (Å²) in [5.74, 6) is 0. The molecule has 2 aromatic rings. The SMILES string of the molecule is Cc1c(Cn2cccc2CNC2CC2)cccc1[N+](=O)[O-]. The molecule has 3 rings (SSSR count). The van der Waals surface area contributed by atoms with Crippen LogP contribution in [-0.2, 0) is 13.1 Å². The zero-order valence-electron chi connectivity index (χ0n) is 12.1. The molecule has 1 N–H and O–H groups in total. The number of nitro benzene ring substituents is 1. The zero-order chi connectivity index (χ0) is 14.8. The maximum atomic E-state index is 11.0. The highest BCUT2D eigenvalue weighted by atomic mass is 16.6. The Balaban J connectivity index is 1.78. The van der Waals surface area contributed by atoms with E-state index in [1.165, 1.54) is 18.5 Å². The summed E-state index contributed by atoms with van der Waals surface area (Å²) in [7, 11) is 0. The summed E-state index contributed by atoms with van der Waals surface area (Å²) < 4.78 is 2.15. The van der Waals surface area contributed by atoms with Gasteiger partial charge in [0.1, 0.15) is 0 Å². The molecule has 0 radical (unpaired) electrons. The number of hydrogen-bond acceptors (Lipinski definition) is 3. The third-order valence-corrected chi connectivity index (χ3v) is 4.03. The Hall–Kier alpha value is -2.14. The minimum Gasteiger partial charge on any atom is -0.346 e. The second kappa shape index (κ2) is 5.69. The number of hydrogen-bond donors (Lipinski definition) is 1. The van der Waals surface area contributed by atoms with Crippen LogP contribution >= 0.6 is 0 Å². The van der Waals surface area contributed by atoms with Crippen molar-refractivity contribution in [2.24, 2.45) is 0 Å². The number of benzene rings is 1. The van der Waals surface area contributed by atoms with Gasteiger partial charge in [0.05, 0.1) is 4.92 Å². The van der Waals surface area contributed by atoms with Gasteiger partial charge in [-0.05, 0) is 37.5 Å². The van der Waals surface area contributed by atoms with Crippen LogP contribution in [0.2, 0.25) is 0 Å². The van der Waals surface area contributed by atoms with Crippen molar-refractivity contribution < 1.29 is 4.92 Å². The average molecular weight is 285 g/mol. The van der Waals surface area contributed by atoms with Gasteiger partial charge in [-0.1, -0.05) is 12.1 Å². The van der Waals surface area contributed by atoms with E-state index in [4.69, 9.17) is 0 Å². The maximum absolute atomic E-state index is 11.0. The van der Waals surface area contributed by atoms with E-state index in [0.717, 1.165) is 17.7 Å². The van der Waals surface area contributed by atoms with Gasteiger partial charge >= 0.3 is 0 Å². The first-order valence-corrected chi connectivity index (χ1v) is 7.25. The fraction of sp³-hybridized carbons (Fsp3) is 0.375. The van der Waals surface area contributed by atoms with Gasteiger partial charge in [-0.15, -0.1) is 0 Å². The predicted molar refractivity (Wildman–Crippen MR) is 81.2 cm³/mol. The molecule has 1 aliphatic rings. The van der Waals surface area contributed by atoms with Crippen molar-refractivity contribution in [1.29, 1.82) is 0 Å². The molecule has 0 aliphatic heterocycles. The molecule has 1 heterocycles. The van der Waals surface area contributed by atoms with Gasteiger partial charge in [-0.2, -0.15) is 0 Å². The first-order chi connectivity index (χ1) is 10.1. The van der Waals surface area contributed by atoms with Crippen LogP contribution in [0, 0.1) is 17.0 Å². The Labute approximate surface area is 123 Å². The second-order valence-electron chi connectivity index (χ2n) is 5.60. The van der Waals surface area contributed by atoms with Crippen molar-refractivity contribution in [3.8, 4) is 0 Å². The summed E-state index contributed by atoms with van der Waals surface area (Å²) in [5, 5.41) is 14.5. The summed E-state index contributed by atoms with van der Waals surface area (Å²) in [6, 6.07) is 10.1. The van der Waals surface area contributed by atoms with E-state index >= 15 is 0 Å². The summed E-state index contributed by atoms with van der Waals surface area (Å²) in [5.41, 5.74) is 3.15. The molecule has 1 saturated carbocycles. The molecule has 1 fully saturated rings. The van der Waals surface area contributed by atoms with Crippen LogP contribution in [-0.4, -0.2) is 15.5 Å². The fourth-order valence-corrected chi connectivity index (χ4v) is 2.52. The molecule has 5 heteroatoms. The first kappa shape index (κ1) is 13.8. The van der Waals surface area contributed by atoms with Gasteiger partial charge in [0.15, 0.2) is 0 Å². The van der Waals surface area contributed by atoms with E-state index in [0.29, 0.717) is 12.6 Å². The maximum Gasteiger partial charge on any atom is 0.272 e. The molecule has 0 spiro atoms. The topological polar surface area (TPSA) is 60.1 Å². The van der Waals surface area contributed by atoms with Crippen LogP contribution < -0.4 is 5.32 Å². The van der Waals surface area contributed by atoms with Crippen LogP contribution in [0.25, 0.3) is 0 Å². The molecule has 1 aliphatic carbocycles. The quantitative estimate of drug-likeness (QED) is 0.655. The lowest BCUT2D eigenvalue weighted by Gasteiger charge is -2.12. The smallest absolute Gasteiger partial charge is 0.272 e. The van der Waals surface area contributed by atoms with Gasteiger partial charge in [0.2, 0.25) is 0 Å². The highest BCUT2D eigenvalue weighted by Gasteiger charge is 2.20. The molecular formula is C16H19N3O2. The molecule has 0 amide bonds. The molecule has 1 aromatic heterocycles. The monoisotopic (exact) mass is 285 g/mol. The van der Waals surface area contributed by atoms with Crippen LogP contribution in [0.3, 0.4) is 0 Å². The minimum absolute atomic E-state index is 0.192. The number of nitrogens with zero attached hydrogens (tertiary/aromatic N) is 2. The minimum atomic E-state index is -0.315. The van der Waals surface area contributed by atoms with E-state index in [-0.39, 0.29) is 10.6 Å². The van der Waals surface area contributed by atoms with Gasteiger partial charge in [-0.25, -0.2) is 0 Å². The van der Waals surface area contributed by atoms with Crippen molar-refractivity contribution in [2.75, 3.05) is 0 Å². The zero-order valence-corrected chi connectivity index (χ0v) is 12.1. The standard InChI is InChI=1S/C16H19N3O2/c1-12-13(4-2-6-16(12)19(20)21)11-18-9-3-5-15(18)10-17-14-7-8-14/h2-6,9,14,17H,7-8,10-11H2,1H3. The Bertz CT molecular complexity index is 659. The average Bonchev–Trinajstić information content (AvgIpc) is 3.18. The van der Waals surface area contributed by atoms with E-state index in [9.17, 15) is 10.1 Å².